The number of carbonyl (C=O) groups excluding carboxylic acids is 1. The van der Waals surface area contributed by atoms with Gasteiger partial charge in [0.25, 0.3) is 5.56 Å². The first kappa shape index (κ1) is 26.4. The fourth-order valence-corrected chi connectivity index (χ4v) is 4.44. The Morgan fingerprint density at radius 3 is 2.13 bits per heavy atom. The van der Waals surface area contributed by atoms with Gasteiger partial charge in [-0.3, -0.25) is 9.59 Å². The summed E-state index contributed by atoms with van der Waals surface area (Å²) in [5, 5.41) is 8.84. The molecule has 3 aromatic carbocycles. The van der Waals surface area contributed by atoms with Gasteiger partial charge in [0.1, 0.15) is 5.75 Å². The number of carbonyl (C=O) groups is 2. The first-order valence-corrected chi connectivity index (χ1v) is 12.4. The summed E-state index contributed by atoms with van der Waals surface area (Å²) in [5.41, 5.74) is 3.90. The molecule has 7 heteroatoms. The average Bonchev–Trinajstić information content (AvgIpc) is 2.92. The molecule has 194 valence electrons. The Kier molecular flexibility index (Phi) is 8.72. The van der Waals surface area contributed by atoms with Crippen LogP contribution in [0.3, 0.4) is 0 Å². The minimum absolute atomic E-state index is 0.0401. The number of benzene rings is 3. The maximum absolute atomic E-state index is 12.8. The molecular weight excluding hydrogens is 480 g/mol. The van der Waals surface area contributed by atoms with Gasteiger partial charge < -0.3 is 19.3 Å². The number of aliphatic carboxylic acids is 1. The SMILES string of the molecule is CC(=O)N(CCn1cc(C(c2ccccc2)c2ccccc2)ccc1=O)Cc1cccc(OCC(=O)O)c1. The Morgan fingerprint density at radius 1 is 0.868 bits per heavy atom. The molecule has 0 spiro atoms. The monoisotopic (exact) mass is 510 g/mol. The summed E-state index contributed by atoms with van der Waals surface area (Å²) >= 11 is 0. The zero-order chi connectivity index (χ0) is 26.9. The fraction of sp³-hybridized carbons (Fsp3) is 0.194. The van der Waals surface area contributed by atoms with Crippen molar-refractivity contribution in [3.05, 3.63) is 136 Å². The van der Waals surface area contributed by atoms with E-state index in [1.54, 1.807) is 33.7 Å². The van der Waals surface area contributed by atoms with E-state index >= 15 is 0 Å². The number of aromatic nitrogens is 1. The van der Waals surface area contributed by atoms with Crippen molar-refractivity contribution in [3.63, 3.8) is 0 Å². The second kappa shape index (κ2) is 12.5. The third-order valence-corrected chi connectivity index (χ3v) is 6.30. The van der Waals surface area contributed by atoms with Gasteiger partial charge in [0.15, 0.2) is 6.61 Å². The van der Waals surface area contributed by atoms with Gasteiger partial charge in [-0.2, -0.15) is 0 Å². The molecule has 4 rings (SSSR count). The van der Waals surface area contributed by atoms with E-state index in [1.807, 2.05) is 54.7 Å². The van der Waals surface area contributed by atoms with Crippen LogP contribution in [0.2, 0.25) is 0 Å². The summed E-state index contributed by atoms with van der Waals surface area (Å²) in [6.45, 7) is 2.03. The molecular formula is C31H30N2O5. The number of hydrogen-bond acceptors (Lipinski definition) is 4. The Labute approximate surface area is 221 Å². The lowest BCUT2D eigenvalue weighted by Crippen LogP contribution is -2.34. The van der Waals surface area contributed by atoms with Crippen molar-refractivity contribution < 1.29 is 19.4 Å². The quantitative estimate of drug-likeness (QED) is 0.320. The van der Waals surface area contributed by atoms with Crippen LogP contribution in [0.15, 0.2) is 108 Å². The van der Waals surface area contributed by atoms with Crippen LogP contribution in [0.25, 0.3) is 0 Å². The highest BCUT2D eigenvalue weighted by molar-refractivity contribution is 5.73. The van der Waals surface area contributed by atoms with Gasteiger partial charge in [0.2, 0.25) is 5.91 Å². The first-order chi connectivity index (χ1) is 18.4. The molecule has 0 aliphatic rings. The lowest BCUT2D eigenvalue weighted by molar-refractivity contribution is -0.139. The number of ether oxygens (including phenoxy) is 1. The van der Waals surface area contributed by atoms with Gasteiger partial charge in [-0.1, -0.05) is 78.9 Å². The van der Waals surface area contributed by atoms with E-state index < -0.39 is 12.6 Å². The van der Waals surface area contributed by atoms with E-state index in [2.05, 4.69) is 24.3 Å². The smallest absolute Gasteiger partial charge is 0.341 e. The van der Waals surface area contributed by atoms with Gasteiger partial charge in [-0.25, -0.2) is 4.79 Å². The molecule has 0 aliphatic carbocycles. The van der Waals surface area contributed by atoms with E-state index in [0.717, 1.165) is 22.3 Å². The molecule has 0 fully saturated rings. The predicted molar refractivity (Wildman–Crippen MR) is 145 cm³/mol. The van der Waals surface area contributed by atoms with Crippen molar-refractivity contribution in [2.75, 3.05) is 13.2 Å². The molecule has 0 saturated carbocycles. The van der Waals surface area contributed by atoms with Gasteiger partial charge in [-0.05, 0) is 34.4 Å². The lowest BCUT2D eigenvalue weighted by atomic mass is 9.86. The van der Waals surface area contributed by atoms with Gasteiger partial charge in [0.05, 0.1) is 0 Å². The third-order valence-electron chi connectivity index (χ3n) is 6.30. The number of carboxylic acid groups (broad SMARTS) is 1. The number of carboxylic acids is 1. The highest BCUT2D eigenvalue weighted by Crippen LogP contribution is 2.31. The van der Waals surface area contributed by atoms with Gasteiger partial charge in [-0.15, -0.1) is 0 Å². The van der Waals surface area contributed by atoms with Crippen LogP contribution in [0.5, 0.6) is 5.75 Å². The standard InChI is InChI=1S/C31H30N2O5/c1-23(34)32(20-24-9-8-14-28(19-24)38-22-30(36)37)17-18-33-21-27(15-16-29(33)35)31(25-10-4-2-5-11-25)26-12-6-3-7-13-26/h2-16,19,21,31H,17-18,20,22H2,1H3,(H,36,37). The molecule has 1 aromatic heterocycles. The van der Waals surface area contributed by atoms with Crippen molar-refractivity contribution in [1.29, 1.82) is 0 Å². The van der Waals surface area contributed by atoms with Crippen molar-refractivity contribution in [1.82, 2.24) is 9.47 Å². The Balaban J connectivity index is 1.54. The summed E-state index contributed by atoms with van der Waals surface area (Å²) < 4.78 is 6.90. The summed E-state index contributed by atoms with van der Waals surface area (Å²) in [6.07, 6.45) is 1.88. The topological polar surface area (TPSA) is 88.8 Å². The summed E-state index contributed by atoms with van der Waals surface area (Å²) in [7, 11) is 0. The molecule has 0 unspecified atom stereocenters. The zero-order valence-electron chi connectivity index (χ0n) is 21.2. The molecule has 7 nitrogen and oxygen atoms in total. The van der Waals surface area contributed by atoms with Gasteiger partial charge >= 0.3 is 5.97 Å². The molecule has 38 heavy (non-hydrogen) atoms. The molecule has 0 saturated heterocycles. The second-order valence-corrected chi connectivity index (χ2v) is 9.02. The number of pyridine rings is 1. The molecule has 1 amide bonds. The van der Waals surface area contributed by atoms with Crippen molar-refractivity contribution in [3.8, 4) is 5.75 Å². The molecule has 0 bridgehead atoms. The average molecular weight is 511 g/mol. The van der Waals surface area contributed by atoms with Crippen LogP contribution < -0.4 is 10.3 Å². The maximum Gasteiger partial charge on any atom is 0.341 e. The summed E-state index contributed by atoms with van der Waals surface area (Å²) in [6, 6.07) is 30.8. The summed E-state index contributed by atoms with van der Waals surface area (Å²) in [4.78, 5) is 37.7. The predicted octanol–water partition coefficient (Wildman–Crippen LogP) is 4.54. The zero-order valence-corrected chi connectivity index (χ0v) is 21.2. The highest BCUT2D eigenvalue weighted by atomic mass is 16.5. The molecule has 0 atom stereocenters. The van der Waals surface area contributed by atoms with Crippen LogP contribution in [-0.2, 0) is 22.7 Å². The van der Waals surface area contributed by atoms with E-state index in [1.165, 1.54) is 6.92 Å². The minimum atomic E-state index is -1.06. The first-order valence-electron chi connectivity index (χ1n) is 12.4. The maximum atomic E-state index is 12.8. The molecule has 1 heterocycles. The van der Waals surface area contributed by atoms with Crippen LogP contribution >= 0.6 is 0 Å². The number of nitrogens with zero attached hydrogens (tertiary/aromatic N) is 2. The molecule has 1 N–H and O–H groups in total. The summed E-state index contributed by atoms with van der Waals surface area (Å²) in [5.74, 6) is -0.806. The number of rotatable bonds is 11. The molecule has 0 aliphatic heterocycles. The van der Waals surface area contributed by atoms with E-state index in [4.69, 9.17) is 9.84 Å². The number of hydrogen-bond donors (Lipinski definition) is 1. The van der Waals surface area contributed by atoms with Crippen LogP contribution in [0, 0.1) is 0 Å². The third kappa shape index (κ3) is 6.97. The minimum Gasteiger partial charge on any atom is -0.482 e. The Hall–Kier alpha value is -4.65. The van der Waals surface area contributed by atoms with Crippen LogP contribution in [0.4, 0.5) is 0 Å². The second-order valence-electron chi connectivity index (χ2n) is 9.02. The van der Waals surface area contributed by atoms with E-state index in [9.17, 15) is 14.4 Å². The normalized spacial score (nSPS) is 10.8. The van der Waals surface area contributed by atoms with E-state index in [0.29, 0.717) is 25.4 Å². The molecule has 4 aromatic rings. The van der Waals surface area contributed by atoms with Crippen molar-refractivity contribution in [2.45, 2.75) is 25.9 Å². The van der Waals surface area contributed by atoms with Crippen LogP contribution in [-0.4, -0.2) is 39.6 Å². The van der Waals surface area contributed by atoms with Crippen LogP contribution in [0.1, 0.15) is 35.1 Å². The van der Waals surface area contributed by atoms with Crippen molar-refractivity contribution in [2.24, 2.45) is 0 Å². The lowest BCUT2D eigenvalue weighted by Gasteiger charge is -2.23. The Morgan fingerprint density at radius 2 is 1.53 bits per heavy atom. The molecule has 0 radical (unpaired) electrons. The largest absolute Gasteiger partial charge is 0.482 e. The Bertz CT molecular complexity index is 1390. The van der Waals surface area contributed by atoms with E-state index in [-0.39, 0.29) is 17.4 Å². The van der Waals surface area contributed by atoms with Gasteiger partial charge in [0, 0.05) is 44.7 Å². The fourth-order valence-electron chi connectivity index (χ4n) is 4.44. The highest BCUT2D eigenvalue weighted by Gasteiger charge is 2.18. The number of amides is 1. The van der Waals surface area contributed by atoms with Crippen molar-refractivity contribution >= 4 is 11.9 Å².